The Kier molecular flexibility index (Phi) is 5.06. The monoisotopic (exact) mass is 277 g/mol. The molecule has 0 fully saturated rings. The van der Waals surface area contributed by atoms with E-state index >= 15 is 0 Å². The molecule has 3 nitrogen and oxygen atoms in total. The zero-order valence-corrected chi connectivity index (χ0v) is 12.9. The van der Waals surface area contributed by atoms with Gasteiger partial charge in [0.15, 0.2) is 0 Å². The molecule has 1 heterocycles. The van der Waals surface area contributed by atoms with Crippen molar-refractivity contribution in [1.29, 1.82) is 0 Å². The van der Waals surface area contributed by atoms with Crippen molar-refractivity contribution in [2.75, 3.05) is 13.2 Å². The van der Waals surface area contributed by atoms with Crippen molar-refractivity contribution in [2.24, 2.45) is 5.92 Å². The molecular weight excluding hydrogens is 250 g/mol. The smallest absolute Gasteiger partial charge is 0.123 e. The summed E-state index contributed by atoms with van der Waals surface area (Å²) in [4.78, 5) is 0. The number of nitrogens with one attached hydrogen (secondary N) is 1. The predicted octanol–water partition coefficient (Wildman–Crippen LogP) is 2.90. The van der Waals surface area contributed by atoms with E-state index in [1.165, 1.54) is 11.1 Å². The van der Waals surface area contributed by atoms with E-state index in [9.17, 15) is 0 Å². The van der Waals surface area contributed by atoms with Crippen LogP contribution in [0, 0.1) is 5.92 Å². The van der Waals surface area contributed by atoms with Gasteiger partial charge < -0.3 is 15.2 Å². The van der Waals surface area contributed by atoms with Gasteiger partial charge >= 0.3 is 0 Å². The predicted molar refractivity (Wildman–Crippen MR) is 82.0 cm³/mol. The highest BCUT2D eigenvalue weighted by Gasteiger charge is 2.29. The Morgan fingerprint density at radius 1 is 1.40 bits per heavy atom. The van der Waals surface area contributed by atoms with Gasteiger partial charge in [-0.25, -0.2) is 0 Å². The molecule has 0 amide bonds. The first-order valence-electron chi connectivity index (χ1n) is 7.66. The van der Waals surface area contributed by atoms with E-state index in [-0.39, 0.29) is 12.2 Å². The van der Waals surface area contributed by atoms with Gasteiger partial charge in [0, 0.05) is 19.6 Å². The third kappa shape index (κ3) is 3.97. The van der Waals surface area contributed by atoms with Gasteiger partial charge in [0.2, 0.25) is 0 Å². The third-order valence-electron chi connectivity index (χ3n) is 4.00. The Labute approximate surface area is 122 Å². The molecule has 1 aliphatic rings. The fraction of sp³-hybridized carbons (Fsp3) is 0.647. The first kappa shape index (κ1) is 15.3. The van der Waals surface area contributed by atoms with Gasteiger partial charge in [-0.05, 0) is 49.9 Å². The Bertz CT molecular complexity index is 443. The lowest BCUT2D eigenvalue weighted by molar-refractivity contribution is 0.138. The highest BCUT2D eigenvalue weighted by Crippen LogP contribution is 2.35. The molecule has 0 aromatic heterocycles. The summed E-state index contributed by atoms with van der Waals surface area (Å²) in [5, 5.41) is 12.5. The minimum atomic E-state index is -0.0666. The summed E-state index contributed by atoms with van der Waals surface area (Å²) < 4.78 is 5.89. The summed E-state index contributed by atoms with van der Waals surface area (Å²) in [7, 11) is 0. The van der Waals surface area contributed by atoms with E-state index in [0.717, 1.165) is 38.1 Å². The quantitative estimate of drug-likeness (QED) is 0.805. The lowest BCUT2D eigenvalue weighted by Crippen LogP contribution is -2.24. The molecule has 0 radical (unpaired) electrons. The number of aliphatic hydroxyl groups is 1. The van der Waals surface area contributed by atoms with E-state index in [1.54, 1.807) is 0 Å². The molecule has 0 aliphatic carbocycles. The summed E-state index contributed by atoms with van der Waals surface area (Å²) in [5.74, 6) is 1.60. The number of hydrogen-bond donors (Lipinski definition) is 2. The van der Waals surface area contributed by atoms with Crippen molar-refractivity contribution in [1.82, 2.24) is 5.32 Å². The fourth-order valence-electron chi connectivity index (χ4n) is 2.83. The number of rotatable bonds is 7. The number of ether oxygens (including phenoxy) is 1. The SMILES string of the molecule is CCC(CCO)CNCc1ccc2c(c1)CC(C)(C)O2. The van der Waals surface area contributed by atoms with Crippen molar-refractivity contribution in [3.63, 3.8) is 0 Å². The van der Waals surface area contributed by atoms with Gasteiger partial charge in [0.1, 0.15) is 11.4 Å². The molecule has 112 valence electrons. The standard InChI is InChI=1S/C17H27NO2/c1-4-13(7-8-19)11-18-12-14-5-6-16-15(9-14)10-17(2,3)20-16/h5-6,9,13,18-19H,4,7-8,10-12H2,1-3H3. The lowest BCUT2D eigenvalue weighted by atomic mass is 10.00. The van der Waals surface area contributed by atoms with Crippen LogP contribution >= 0.6 is 0 Å². The highest BCUT2D eigenvalue weighted by atomic mass is 16.5. The fourth-order valence-corrected chi connectivity index (χ4v) is 2.83. The zero-order chi connectivity index (χ0) is 14.6. The van der Waals surface area contributed by atoms with Crippen LogP contribution < -0.4 is 10.1 Å². The molecule has 0 spiro atoms. The summed E-state index contributed by atoms with van der Waals surface area (Å²) in [5.41, 5.74) is 2.56. The van der Waals surface area contributed by atoms with E-state index in [0.29, 0.717) is 5.92 Å². The summed E-state index contributed by atoms with van der Waals surface area (Å²) in [6.45, 7) is 8.57. The average molecular weight is 277 g/mol. The first-order chi connectivity index (χ1) is 9.54. The van der Waals surface area contributed by atoms with Gasteiger partial charge in [0.25, 0.3) is 0 Å². The zero-order valence-electron chi connectivity index (χ0n) is 12.9. The summed E-state index contributed by atoms with van der Waals surface area (Å²) in [6.07, 6.45) is 2.98. The van der Waals surface area contributed by atoms with Crippen LogP contribution in [0.1, 0.15) is 44.7 Å². The van der Waals surface area contributed by atoms with E-state index in [4.69, 9.17) is 9.84 Å². The second-order valence-electron chi connectivity index (χ2n) is 6.40. The van der Waals surface area contributed by atoms with Crippen LogP contribution in [0.5, 0.6) is 5.75 Å². The molecule has 1 unspecified atom stereocenters. The second kappa shape index (κ2) is 6.59. The minimum Gasteiger partial charge on any atom is -0.487 e. The molecule has 1 aromatic carbocycles. The lowest BCUT2D eigenvalue weighted by Gasteiger charge is -2.16. The summed E-state index contributed by atoms with van der Waals surface area (Å²) >= 11 is 0. The molecule has 1 aliphatic heterocycles. The van der Waals surface area contributed by atoms with Crippen LogP contribution in [-0.4, -0.2) is 23.9 Å². The van der Waals surface area contributed by atoms with Gasteiger partial charge in [-0.3, -0.25) is 0 Å². The molecule has 3 heteroatoms. The van der Waals surface area contributed by atoms with Crippen LogP contribution in [0.25, 0.3) is 0 Å². The van der Waals surface area contributed by atoms with Crippen LogP contribution in [0.15, 0.2) is 18.2 Å². The van der Waals surface area contributed by atoms with Gasteiger partial charge in [-0.1, -0.05) is 25.5 Å². The van der Waals surface area contributed by atoms with Crippen LogP contribution in [0.3, 0.4) is 0 Å². The number of aliphatic hydroxyl groups excluding tert-OH is 1. The van der Waals surface area contributed by atoms with E-state index < -0.39 is 0 Å². The van der Waals surface area contributed by atoms with Crippen molar-refractivity contribution in [3.05, 3.63) is 29.3 Å². The largest absolute Gasteiger partial charge is 0.487 e. The normalized spacial score (nSPS) is 17.6. The van der Waals surface area contributed by atoms with Crippen LogP contribution in [0.4, 0.5) is 0 Å². The second-order valence-corrected chi connectivity index (χ2v) is 6.40. The Morgan fingerprint density at radius 2 is 2.20 bits per heavy atom. The van der Waals surface area contributed by atoms with Crippen molar-refractivity contribution in [3.8, 4) is 5.75 Å². The molecular formula is C17H27NO2. The Hall–Kier alpha value is -1.06. The number of benzene rings is 1. The number of fused-ring (bicyclic) bond motifs is 1. The van der Waals surface area contributed by atoms with Gasteiger partial charge in [-0.2, -0.15) is 0 Å². The first-order valence-corrected chi connectivity index (χ1v) is 7.66. The summed E-state index contributed by atoms with van der Waals surface area (Å²) in [6, 6.07) is 6.48. The van der Waals surface area contributed by atoms with Gasteiger partial charge in [-0.15, -0.1) is 0 Å². The Balaban J connectivity index is 1.86. The number of hydrogen-bond acceptors (Lipinski definition) is 3. The maximum Gasteiger partial charge on any atom is 0.123 e. The van der Waals surface area contributed by atoms with Crippen LogP contribution in [0.2, 0.25) is 0 Å². The van der Waals surface area contributed by atoms with Gasteiger partial charge in [0.05, 0.1) is 0 Å². The van der Waals surface area contributed by atoms with Crippen LogP contribution in [-0.2, 0) is 13.0 Å². The third-order valence-corrected chi connectivity index (χ3v) is 4.00. The highest BCUT2D eigenvalue weighted by molar-refractivity contribution is 5.41. The molecule has 0 saturated carbocycles. The van der Waals surface area contributed by atoms with Crippen molar-refractivity contribution in [2.45, 2.75) is 52.2 Å². The molecule has 1 atom stereocenters. The van der Waals surface area contributed by atoms with Crippen molar-refractivity contribution >= 4 is 0 Å². The Morgan fingerprint density at radius 3 is 2.90 bits per heavy atom. The molecule has 20 heavy (non-hydrogen) atoms. The molecule has 2 N–H and O–H groups in total. The topological polar surface area (TPSA) is 41.5 Å². The maximum absolute atomic E-state index is 9.00. The average Bonchev–Trinajstić information content (AvgIpc) is 2.70. The maximum atomic E-state index is 9.00. The molecule has 2 rings (SSSR count). The van der Waals surface area contributed by atoms with E-state index in [1.807, 2.05) is 0 Å². The van der Waals surface area contributed by atoms with E-state index in [2.05, 4.69) is 44.3 Å². The minimum absolute atomic E-state index is 0.0666. The van der Waals surface area contributed by atoms with Crippen molar-refractivity contribution < 1.29 is 9.84 Å². The molecule has 1 aromatic rings. The molecule has 0 saturated heterocycles. The molecule has 0 bridgehead atoms.